The van der Waals surface area contributed by atoms with E-state index in [0.29, 0.717) is 32.3 Å². The number of ether oxygens (including phenoxy) is 1. The first kappa shape index (κ1) is 9.91. The van der Waals surface area contributed by atoms with Gasteiger partial charge >= 0.3 is 12.0 Å². The normalized spacial score (nSPS) is 16.7. The minimum Gasteiger partial charge on any atom is -0.481 e. The SMILES string of the molecule is O=C(O)Cc1nnc(N2CCOCC2)o1. The van der Waals surface area contributed by atoms with Crippen molar-refractivity contribution in [2.75, 3.05) is 31.2 Å². The molecule has 0 aromatic carbocycles. The quantitative estimate of drug-likeness (QED) is 0.726. The summed E-state index contributed by atoms with van der Waals surface area (Å²) in [5.41, 5.74) is 0. The van der Waals surface area contributed by atoms with Crippen molar-refractivity contribution in [2.45, 2.75) is 6.42 Å². The van der Waals surface area contributed by atoms with Crippen LogP contribution in [0.5, 0.6) is 0 Å². The minimum absolute atomic E-state index is 0.129. The number of carbonyl (C=O) groups is 1. The molecular weight excluding hydrogens is 202 g/mol. The van der Waals surface area contributed by atoms with Gasteiger partial charge in [-0.05, 0) is 0 Å². The van der Waals surface area contributed by atoms with E-state index >= 15 is 0 Å². The van der Waals surface area contributed by atoms with Crippen molar-refractivity contribution < 1.29 is 19.1 Å². The van der Waals surface area contributed by atoms with Gasteiger partial charge in [-0.2, -0.15) is 0 Å². The molecule has 0 aliphatic carbocycles. The lowest BCUT2D eigenvalue weighted by Gasteiger charge is -2.24. The molecule has 1 aromatic rings. The highest BCUT2D eigenvalue weighted by molar-refractivity contribution is 5.68. The molecule has 7 nitrogen and oxygen atoms in total. The van der Waals surface area contributed by atoms with E-state index in [0.717, 1.165) is 0 Å². The first-order chi connectivity index (χ1) is 7.25. The Balaban J connectivity index is 2.02. The number of rotatable bonds is 3. The Morgan fingerprint density at radius 2 is 2.13 bits per heavy atom. The molecule has 1 aliphatic rings. The van der Waals surface area contributed by atoms with Gasteiger partial charge in [0.25, 0.3) is 0 Å². The van der Waals surface area contributed by atoms with E-state index in [1.165, 1.54) is 0 Å². The predicted molar refractivity (Wildman–Crippen MR) is 48.7 cm³/mol. The molecular formula is C8H11N3O4. The zero-order valence-electron chi connectivity index (χ0n) is 8.05. The van der Waals surface area contributed by atoms with Crippen molar-refractivity contribution in [1.82, 2.24) is 10.2 Å². The summed E-state index contributed by atoms with van der Waals surface area (Å²) in [6, 6.07) is 0.370. The van der Waals surface area contributed by atoms with Crippen LogP contribution in [0.15, 0.2) is 4.42 Å². The summed E-state index contributed by atoms with van der Waals surface area (Å²) < 4.78 is 10.4. The average molecular weight is 213 g/mol. The maximum absolute atomic E-state index is 10.4. The number of carboxylic acid groups (broad SMARTS) is 1. The van der Waals surface area contributed by atoms with Crippen molar-refractivity contribution in [3.63, 3.8) is 0 Å². The van der Waals surface area contributed by atoms with Gasteiger partial charge in [-0.25, -0.2) is 0 Å². The first-order valence-corrected chi connectivity index (χ1v) is 4.62. The third kappa shape index (κ3) is 2.44. The molecule has 1 aromatic heterocycles. The fraction of sp³-hybridized carbons (Fsp3) is 0.625. The Morgan fingerprint density at radius 3 is 2.80 bits per heavy atom. The molecule has 0 unspecified atom stereocenters. The van der Waals surface area contributed by atoms with Crippen LogP contribution in [0.1, 0.15) is 5.89 Å². The molecule has 1 aliphatic heterocycles. The molecule has 7 heteroatoms. The summed E-state index contributed by atoms with van der Waals surface area (Å²) in [6.07, 6.45) is -0.239. The van der Waals surface area contributed by atoms with Gasteiger partial charge in [-0.3, -0.25) is 4.79 Å². The van der Waals surface area contributed by atoms with Gasteiger partial charge in [-0.15, -0.1) is 5.10 Å². The van der Waals surface area contributed by atoms with E-state index in [1.54, 1.807) is 0 Å². The molecule has 1 N–H and O–H groups in total. The molecule has 15 heavy (non-hydrogen) atoms. The van der Waals surface area contributed by atoms with Gasteiger partial charge in [0.15, 0.2) is 0 Å². The van der Waals surface area contributed by atoms with Gasteiger partial charge in [0.05, 0.1) is 13.2 Å². The molecule has 0 bridgehead atoms. The summed E-state index contributed by atoms with van der Waals surface area (Å²) in [6.45, 7) is 2.62. The van der Waals surface area contributed by atoms with Crippen LogP contribution < -0.4 is 4.90 Å². The second-order valence-electron chi connectivity index (χ2n) is 3.15. The van der Waals surface area contributed by atoms with E-state index in [-0.39, 0.29) is 12.3 Å². The fourth-order valence-corrected chi connectivity index (χ4v) is 1.33. The second kappa shape index (κ2) is 4.26. The van der Waals surface area contributed by atoms with E-state index in [1.807, 2.05) is 4.90 Å². The van der Waals surface area contributed by atoms with Gasteiger partial charge in [0.1, 0.15) is 6.42 Å². The summed E-state index contributed by atoms with van der Waals surface area (Å²) in [7, 11) is 0. The monoisotopic (exact) mass is 213 g/mol. The zero-order valence-corrected chi connectivity index (χ0v) is 8.05. The zero-order chi connectivity index (χ0) is 10.7. The number of aliphatic carboxylic acids is 1. The number of aromatic nitrogens is 2. The molecule has 0 atom stereocenters. The maximum Gasteiger partial charge on any atom is 0.318 e. The molecule has 0 amide bonds. The number of carboxylic acids is 1. The van der Waals surface area contributed by atoms with Crippen LogP contribution in [0.3, 0.4) is 0 Å². The molecule has 82 valence electrons. The Kier molecular flexibility index (Phi) is 2.82. The number of hydrogen-bond acceptors (Lipinski definition) is 6. The van der Waals surface area contributed by atoms with Crippen LogP contribution in [0.25, 0.3) is 0 Å². The van der Waals surface area contributed by atoms with Gasteiger partial charge < -0.3 is 19.2 Å². The largest absolute Gasteiger partial charge is 0.481 e. The first-order valence-electron chi connectivity index (χ1n) is 4.62. The average Bonchev–Trinajstić information content (AvgIpc) is 2.67. The Morgan fingerprint density at radius 1 is 1.40 bits per heavy atom. The number of nitrogens with zero attached hydrogens (tertiary/aromatic N) is 3. The highest BCUT2D eigenvalue weighted by atomic mass is 16.5. The van der Waals surface area contributed by atoms with Crippen LogP contribution in [-0.4, -0.2) is 47.6 Å². The molecule has 2 rings (SSSR count). The number of anilines is 1. The van der Waals surface area contributed by atoms with Crippen molar-refractivity contribution in [3.8, 4) is 0 Å². The Labute approximate surface area is 85.6 Å². The fourth-order valence-electron chi connectivity index (χ4n) is 1.33. The highest BCUT2D eigenvalue weighted by Gasteiger charge is 2.18. The lowest BCUT2D eigenvalue weighted by Crippen LogP contribution is -2.36. The van der Waals surface area contributed by atoms with Crippen molar-refractivity contribution >= 4 is 12.0 Å². The van der Waals surface area contributed by atoms with Crippen molar-refractivity contribution in [3.05, 3.63) is 5.89 Å². The minimum atomic E-state index is -0.979. The van der Waals surface area contributed by atoms with E-state index in [9.17, 15) is 4.79 Å². The molecule has 0 radical (unpaired) electrons. The third-order valence-corrected chi connectivity index (χ3v) is 2.04. The Bertz CT molecular complexity index is 345. The van der Waals surface area contributed by atoms with Crippen LogP contribution in [0, 0.1) is 0 Å². The van der Waals surface area contributed by atoms with Crippen molar-refractivity contribution in [1.29, 1.82) is 0 Å². The van der Waals surface area contributed by atoms with E-state index in [4.69, 9.17) is 14.3 Å². The predicted octanol–water partition coefficient (Wildman–Crippen LogP) is -0.467. The third-order valence-electron chi connectivity index (χ3n) is 2.04. The van der Waals surface area contributed by atoms with Crippen LogP contribution in [0.4, 0.5) is 6.01 Å². The molecule has 1 saturated heterocycles. The lowest BCUT2D eigenvalue weighted by molar-refractivity contribution is -0.136. The standard InChI is InChI=1S/C8H11N3O4/c12-7(13)5-6-9-10-8(15-6)11-1-3-14-4-2-11/h1-5H2,(H,12,13). The summed E-state index contributed by atoms with van der Waals surface area (Å²) in [5, 5.41) is 16.0. The number of hydrogen-bond donors (Lipinski definition) is 1. The second-order valence-corrected chi connectivity index (χ2v) is 3.15. The molecule has 1 fully saturated rings. The van der Waals surface area contributed by atoms with Crippen LogP contribution >= 0.6 is 0 Å². The summed E-state index contributed by atoms with van der Waals surface area (Å²) >= 11 is 0. The van der Waals surface area contributed by atoms with Crippen LogP contribution in [0.2, 0.25) is 0 Å². The lowest BCUT2D eigenvalue weighted by atomic mass is 10.4. The van der Waals surface area contributed by atoms with E-state index in [2.05, 4.69) is 10.2 Å². The van der Waals surface area contributed by atoms with Crippen molar-refractivity contribution in [2.24, 2.45) is 0 Å². The van der Waals surface area contributed by atoms with E-state index < -0.39 is 5.97 Å². The highest BCUT2D eigenvalue weighted by Crippen LogP contribution is 2.13. The maximum atomic E-state index is 10.4. The summed E-state index contributed by atoms with van der Waals surface area (Å²) in [5.74, 6) is -0.851. The number of morpholine rings is 1. The van der Waals surface area contributed by atoms with Gasteiger partial charge in [0.2, 0.25) is 5.89 Å². The smallest absolute Gasteiger partial charge is 0.318 e. The van der Waals surface area contributed by atoms with Gasteiger partial charge in [0, 0.05) is 13.1 Å². The molecule has 0 saturated carbocycles. The van der Waals surface area contributed by atoms with Crippen LogP contribution in [-0.2, 0) is 16.0 Å². The summed E-state index contributed by atoms with van der Waals surface area (Å²) in [4.78, 5) is 12.3. The van der Waals surface area contributed by atoms with Gasteiger partial charge in [-0.1, -0.05) is 5.10 Å². The molecule has 2 heterocycles. The topological polar surface area (TPSA) is 88.7 Å². The molecule has 0 spiro atoms. The Hall–Kier alpha value is -1.63.